The highest BCUT2D eigenvalue weighted by atomic mass is 16.4. The van der Waals surface area contributed by atoms with Gasteiger partial charge in [-0.2, -0.15) is 0 Å². The number of amides is 1. The molecule has 1 aromatic rings. The van der Waals surface area contributed by atoms with Gasteiger partial charge in [-0.3, -0.25) is 9.59 Å². The minimum absolute atomic E-state index is 0.0727. The number of likely N-dealkylation sites (tertiary alicyclic amines) is 1. The van der Waals surface area contributed by atoms with Gasteiger partial charge >= 0.3 is 5.97 Å². The summed E-state index contributed by atoms with van der Waals surface area (Å²) in [5.74, 6) is -0.201. The maximum atomic E-state index is 11.8. The highest BCUT2D eigenvalue weighted by Crippen LogP contribution is 2.19. The average Bonchev–Trinajstić information content (AvgIpc) is 2.95. The summed E-state index contributed by atoms with van der Waals surface area (Å²) in [6.07, 6.45) is 5.51. The first-order valence-electron chi connectivity index (χ1n) is 5.87. The average molecular weight is 249 g/mol. The molecular weight excluding hydrogens is 234 g/mol. The van der Waals surface area contributed by atoms with E-state index in [0.717, 1.165) is 6.42 Å². The molecule has 0 radical (unpaired) electrons. The molecule has 5 heteroatoms. The van der Waals surface area contributed by atoms with Gasteiger partial charge in [0.15, 0.2) is 0 Å². The first-order valence-corrected chi connectivity index (χ1v) is 5.87. The maximum absolute atomic E-state index is 11.8. The van der Waals surface area contributed by atoms with Gasteiger partial charge in [-0.25, -0.2) is 0 Å². The van der Waals surface area contributed by atoms with E-state index in [-0.39, 0.29) is 18.2 Å². The second kappa shape index (κ2) is 5.53. The monoisotopic (exact) mass is 249 g/mol. The fraction of sp³-hybridized carbons (Fsp3) is 0.385. The molecular formula is C13H15NO4. The number of nitrogens with zero attached hydrogens (tertiary/aromatic N) is 1. The van der Waals surface area contributed by atoms with Gasteiger partial charge in [0.25, 0.3) is 0 Å². The molecule has 0 aliphatic carbocycles. The molecule has 2 rings (SSSR count). The van der Waals surface area contributed by atoms with Crippen molar-refractivity contribution in [2.45, 2.75) is 12.8 Å². The van der Waals surface area contributed by atoms with Crippen molar-refractivity contribution in [3.05, 3.63) is 30.2 Å². The molecule has 1 unspecified atom stereocenters. The molecule has 5 nitrogen and oxygen atoms in total. The van der Waals surface area contributed by atoms with Crippen LogP contribution in [0.2, 0.25) is 0 Å². The molecule has 18 heavy (non-hydrogen) atoms. The summed E-state index contributed by atoms with van der Waals surface area (Å²) in [5, 5.41) is 8.70. The fourth-order valence-corrected chi connectivity index (χ4v) is 2.09. The molecule has 1 fully saturated rings. The van der Waals surface area contributed by atoms with Crippen LogP contribution in [-0.4, -0.2) is 35.0 Å². The topological polar surface area (TPSA) is 70.8 Å². The van der Waals surface area contributed by atoms with Crippen LogP contribution in [0.15, 0.2) is 28.9 Å². The van der Waals surface area contributed by atoms with E-state index in [2.05, 4.69) is 0 Å². The fourth-order valence-electron chi connectivity index (χ4n) is 2.09. The molecule has 2 heterocycles. The summed E-state index contributed by atoms with van der Waals surface area (Å²) in [6, 6.07) is 3.52. The Balaban J connectivity index is 1.86. The van der Waals surface area contributed by atoms with Gasteiger partial charge in [0.2, 0.25) is 5.91 Å². The van der Waals surface area contributed by atoms with E-state index in [0.29, 0.717) is 18.8 Å². The molecule has 1 amide bonds. The summed E-state index contributed by atoms with van der Waals surface area (Å²) in [5.41, 5.74) is 0. The molecule has 1 N–H and O–H groups in total. The quantitative estimate of drug-likeness (QED) is 0.823. The number of carboxylic acid groups (broad SMARTS) is 1. The van der Waals surface area contributed by atoms with Crippen LogP contribution in [-0.2, 0) is 9.59 Å². The van der Waals surface area contributed by atoms with Crippen LogP contribution in [0, 0.1) is 5.92 Å². The molecule has 0 bridgehead atoms. The largest absolute Gasteiger partial charge is 0.481 e. The zero-order valence-electron chi connectivity index (χ0n) is 9.91. The molecule has 0 saturated carbocycles. The lowest BCUT2D eigenvalue weighted by Crippen LogP contribution is -2.27. The number of carboxylic acids is 1. The van der Waals surface area contributed by atoms with Crippen LogP contribution >= 0.6 is 0 Å². The number of rotatable bonds is 4. The minimum Gasteiger partial charge on any atom is -0.481 e. The van der Waals surface area contributed by atoms with E-state index in [4.69, 9.17) is 9.52 Å². The van der Waals surface area contributed by atoms with Crippen molar-refractivity contribution in [3.63, 3.8) is 0 Å². The van der Waals surface area contributed by atoms with Crippen LogP contribution < -0.4 is 0 Å². The molecule has 1 aliphatic heterocycles. The molecule has 1 aliphatic rings. The number of carbonyl (C=O) groups excluding carboxylic acids is 1. The zero-order chi connectivity index (χ0) is 13.0. The van der Waals surface area contributed by atoms with Crippen LogP contribution in [0.4, 0.5) is 0 Å². The molecule has 96 valence electrons. The molecule has 0 spiro atoms. The lowest BCUT2D eigenvalue weighted by molar-refractivity contribution is -0.138. The van der Waals surface area contributed by atoms with Crippen molar-refractivity contribution < 1.29 is 19.1 Å². The van der Waals surface area contributed by atoms with Crippen LogP contribution in [0.1, 0.15) is 18.6 Å². The molecule has 1 saturated heterocycles. The van der Waals surface area contributed by atoms with E-state index >= 15 is 0 Å². The Kier molecular flexibility index (Phi) is 3.82. The standard InChI is InChI=1S/C13H15NO4/c15-12(4-3-11-2-1-7-18-11)14-6-5-10(9-14)8-13(16)17/h1-4,7,10H,5-6,8-9H2,(H,16,17). The van der Waals surface area contributed by atoms with Crippen molar-refractivity contribution in [3.8, 4) is 0 Å². The van der Waals surface area contributed by atoms with E-state index in [1.807, 2.05) is 0 Å². The van der Waals surface area contributed by atoms with Crippen LogP contribution in [0.5, 0.6) is 0 Å². The summed E-state index contributed by atoms with van der Waals surface area (Å²) in [4.78, 5) is 24.1. The van der Waals surface area contributed by atoms with Crippen molar-refractivity contribution in [1.29, 1.82) is 0 Å². The van der Waals surface area contributed by atoms with Gasteiger partial charge in [-0.05, 0) is 30.5 Å². The number of hydrogen-bond acceptors (Lipinski definition) is 3. The van der Waals surface area contributed by atoms with E-state index < -0.39 is 5.97 Å². The molecule has 1 atom stereocenters. The number of hydrogen-bond donors (Lipinski definition) is 1. The van der Waals surface area contributed by atoms with E-state index in [1.165, 1.54) is 6.08 Å². The lowest BCUT2D eigenvalue weighted by atomic mass is 10.1. The number of carbonyl (C=O) groups is 2. The Labute approximate surface area is 105 Å². The van der Waals surface area contributed by atoms with Gasteiger partial charge in [0.1, 0.15) is 5.76 Å². The summed E-state index contributed by atoms with van der Waals surface area (Å²) >= 11 is 0. The normalized spacial score (nSPS) is 19.6. The molecule has 1 aromatic heterocycles. The summed E-state index contributed by atoms with van der Waals surface area (Å²) < 4.78 is 5.09. The summed E-state index contributed by atoms with van der Waals surface area (Å²) in [6.45, 7) is 1.15. The first-order chi connectivity index (χ1) is 8.65. The van der Waals surface area contributed by atoms with Gasteiger partial charge in [-0.1, -0.05) is 0 Å². The Hall–Kier alpha value is -2.04. The summed E-state index contributed by atoms with van der Waals surface area (Å²) in [7, 11) is 0. The molecule has 0 aromatic carbocycles. The van der Waals surface area contributed by atoms with Gasteiger partial charge in [0.05, 0.1) is 6.26 Å². The smallest absolute Gasteiger partial charge is 0.303 e. The lowest BCUT2D eigenvalue weighted by Gasteiger charge is -2.13. The van der Waals surface area contributed by atoms with Crippen molar-refractivity contribution in [2.75, 3.05) is 13.1 Å². The maximum Gasteiger partial charge on any atom is 0.303 e. The van der Waals surface area contributed by atoms with Crippen LogP contribution in [0.3, 0.4) is 0 Å². The second-order valence-corrected chi connectivity index (χ2v) is 4.39. The van der Waals surface area contributed by atoms with Crippen LogP contribution in [0.25, 0.3) is 6.08 Å². The van der Waals surface area contributed by atoms with Crippen molar-refractivity contribution >= 4 is 18.0 Å². The Morgan fingerprint density at radius 2 is 2.39 bits per heavy atom. The SMILES string of the molecule is O=C(O)CC1CCN(C(=O)C=Cc2ccco2)C1. The second-order valence-electron chi connectivity index (χ2n) is 4.39. The van der Waals surface area contributed by atoms with Crippen molar-refractivity contribution in [2.24, 2.45) is 5.92 Å². The van der Waals surface area contributed by atoms with Gasteiger partial charge < -0.3 is 14.4 Å². The number of furan rings is 1. The third kappa shape index (κ3) is 3.23. The minimum atomic E-state index is -0.805. The third-order valence-electron chi connectivity index (χ3n) is 2.99. The Bertz CT molecular complexity index is 450. The highest BCUT2D eigenvalue weighted by Gasteiger charge is 2.26. The van der Waals surface area contributed by atoms with E-state index in [1.54, 1.807) is 29.4 Å². The van der Waals surface area contributed by atoms with Crippen molar-refractivity contribution in [1.82, 2.24) is 4.90 Å². The highest BCUT2D eigenvalue weighted by molar-refractivity contribution is 5.91. The van der Waals surface area contributed by atoms with E-state index in [9.17, 15) is 9.59 Å². The predicted octanol–water partition coefficient (Wildman–Crippen LogP) is 1.62. The zero-order valence-corrected chi connectivity index (χ0v) is 9.91. The van der Waals surface area contributed by atoms with Gasteiger partial charge in [0, 0.05) is 25.6 Å². The first kappa shape index (κ1) is 12.4. The third-order valence-corrected chi connectivity index (χ3v) is 2.99. The predicted molar refractivity (Wildman–Crippen MR) is 64.7 cm³/mol. The Morgan fingerprint density at radius 3 is 3.06 bits per heavy atom. The van der Waals surface area contributed by atoms with Gasteiger partial charge in [-0.15, -0.1) is 0 Å². The number of aliphatic carboxylic acids is 1. The Morgan fingerprint density at radius 1 is 1.56 bits per heavy atom.